The van der Waals surface area contributed by atoms with Crippen molar-refractivity contribution >= 4 is 112 Å². The van der Waals surface area contributed by atoms with E-state index >= 15 is 0 Å². The number of primary amides is 3. The van der Waals surface area contributed by atoms with Gasteiger partial charge in [-0.3, -0.25) is 86.5 Å². The number of hydrogen-bond donors (Lipinski definition) is 24. The number of phenols is 1. The van der Waals surface area contributed by atoms with Gasteiger partial charge in [0, 0.05) is 25.9 Å². The summed E-state index contributed by atoms with van der Waals surface area (Å²) in [4.78, 5) is 243. The number of benzene rings is 1. The molecule has 108 heavy (non-hydrogen) atoms. The second-order valence-electron chi connectivity index (χ2n) is 26.0. The van der Waals surface area contributed by atoms with Crippen molar-refractivity contribution in [3.8, 4) is 5.75 Å². The molecule has 1 aromatic carbocycles. The summed E-state index contributed by atoms with van der Waals surface area (Å²) < 4.78 is 0. The number of aromatic hydroxyl groups is 1. The smallest absolute Gasteiger partial charge is 0.326 e. The van der Waals surface area contributed by atoms with E-state index in [1.54, 1.807) is 13.8 Å². The number of carbonyl (C=O) groups excluding carboxylic acids is 16. The van der Waals surface area contributed by atoms with Crippen molar-refractivity contribution in [2.24, 2.45) is 51.2 Å². The number of rotatable bonds is 47. The van der Waals surface area contributed by atoms with E-state index in [0.717, 1.165) is 18.7 Å². The molecule has 0 aromatic heterocycles. The lowest BCUT2D eigenvalue weighted by molar-refractivity contribution is -0.145. The van der Waals surface area contributed by atoms with Gasteiger partial charge in [0.1, 0.15) is 78.3 Å². The number of guanidine groups is 1. The average molecular weight is 1540 g/mol. The number of carbonyl (C=O) groups is 18. The fourth-order valence-corrected chi connectivity index (χ4v) is 10.4. The largest absolute Gasteiger partial charge is 0.508 e. The monoisotopic (exact) mass is 1530 g/mol. The Morgan fingerprint density at radius 2 is 1.02 bits per heavy atom. The van der Waals surface area contributed by atoms with Crippen LogP contribution in [0.4, 0.5) is 0 Å². The van der Waals surface area contributed by atoms with Crippen LogP contribution in [0.3, 0.4) is 0 Å². The molecule has 602 valence electrons. The van der Waals surface area contributed by atoms with Crippen LogP contribution < -0.4 is 98.2 Å². The first-order valence-corrected chi connectivity index (χ1v) is 34.2. The van der Waals surface area contributed by atoms with E-state index < -0.39 is 261 Å². The third-order valence-electron chi connectivity index (χ3n) is 16.7. The van der Waals surface area contributed by atoms with Crippen molar-refractivity contribution in [1.82, 2.24) is 68.7 Å². The number of carboxylic acid groups (broad SMARTS) is 2. The maximum absolute atomic E-state index is 14.3. The van der Waals surface area contributed by atoms with Crippen LogP contribution in [0.2, 0.25) is 0 Å². The molecule has 0 aliphatic carbocycles. The fourth-order valence-electron chi connectivity index (χ4n) is 10.4. The number of likely N-dealkylation sites (tertiary alicyclic amines) is 1. The molecule has 1 saturated heterocycles. The van der Waals surface area contributed by atoms with Crippen molar-refractivity contribution in [3.63, 3.8) is 0 Å². The molecule has 0 spiro atoms. The Hall–Kier alpha value is -11.4. The summed E-state index contributed by atoms with van der Waals surface area (Å²) in [6.07, 6.45) is -8.40. The lowest BCUT2D eigenvalue weighted by Gasteiger charge is -2.32. The molecule has 1 heterocycles. The van der Waals surface area contributed by atoms with Crippen molar-refractivity contribution in [1.29, 1.82) is 0 Å². The highest BCUT2D eigenvalue weighted by Crippen LogP contribution is 2.21. The maximum atomic E-state index is 14.3. The third-order valence-corrected chi connectivity index (χ3v) is 16.7. The van der Waals surface area contributed by atoms with E-state index in [4.69, 9.17) is 34.4 Å². The molecule has 2 rings (SSSR count). The van der Waals surface area contributed by atoms with Crippen LogP contribution in [-0.2, 0) is 92.7 Å². The zero-order valence-electron chi connectivity index (χ0n) is 60.6. The second kappa shape index (κ2) is 45.2. The van der Waals surface area contributed by atoms with Crippen LogP contribution in [0.15, 0.2) is 29.3 Å². The molecule has 1 aromatic rings. The van der Waals surface area contributed by atoms with Gasteiger partial charge in [-0.25, -0.2) is 4.79 Å². The van der Waals surface area contributed by atoms with Gasteiger partial charge in [0.25, 0.3) is 0 Å². The quantitative estimate of drug-likeness (QED) is 0.0164. The minimum Gasteiger partial charge on any atom is -0.508 e. The molecule has 1 fully saturated rings. The van der Waals surface area contributed by atoms with Gasteiger partial charge in [0.2, 0.25) is 94.5 Å². The number of carboxylic acids is 2. The van der Waals surface area contributed by atoms with Crippen LogP contribution in [0.25, 0.3) is 0 Å². The summed E-state index contributed by atoms with van der Waals surface area (Å²) in [5, 5.41) is 88.2. The molecule has 16 amide bonds. The lowest BCUT2D eigenvalue weighted by atomic mass is 9.99. The Morgan fingerprint density at radius 3 is 1.52 bits per heavy atom. The molecule has 0 bridgehead atoms. The summed E-state index contributed by atoms with van der Waals surface area (Å²) in [7, 11) is 0. The fraction of sp³-hybridized carbons (Fsp3) is 0.609. The van der Waals surface area contributed by atoms with Crippen molar-refractivity contribution in [2.45, 2.75) is 210 Å². The summed E-state index contributed by atoms with van der Waals surface area (Å²) in [6, 6.07) is -16.9. The second-order valence-corrected chi connectivity index (χ2v) is 26.0. The van der Waals surface area contributed by atoms with Gasteiger partial charge in [-0.2, -0.15) is 0 Å². The average Bonchev–Trinajstić information content (AvgIpc) is 1.61. The number of nitrogens with zero attached hydrogens (tertiary/aromatic N) is 2. The molecule has 1 aliphatic heterocycles. The summed E-state index contributed by atoms with van der Waals surface area (Å²) in [6.45, 7) is 7.18. The number of nitrogens with one attached hydrogen (secondary N) is 12. The Balaban J connectivity index is 2.37. The predicted octanol–water partition coefficient (Wildman–Crippen LogP) is -11.2. The zero-order valence-corrected chi connectivity index (χ0v) is 60.6. The summed E-state index contributed by atoms with van der Waals surface area (Å²) >= 11 is 0. The minimum atomic E-state index is -2.12. The number of aliphatic hydroxyl groups excluding tert-OH is 3. The molecule has 44 heteroatoms. The number of aliphatic carboxylic acids is 2. The zero-order chi connectivity index (χ0) is 82.1. The number of aliphatic hydroxyl groups is 3. The molecule has 30 N–H and O–H groups in total. The number of hydrogen-bond acceptors (Lipinski definition) is 24. The van der Waals surface area contributed by atoms with Gasteiger partial charge in [-0.05, 0) is 82.4 Å². The van der Waals surface area contributed by atoms with E-state index in [0.29, 0.717) is 12.0 Å². The lowest BCUT2D eigenvalue weighted by Crippen LogP contribution is -2.63. The first-order chi connectivity index (χ1) is 50.4. The Bertz CT molecular complexity index is 3430. The molecular formula is C64H102N20O24. The molecule has 1 aliphatic rings. The number of amides is 16. The highest BCUT2D eigenvalue weighted by molar-refractivity contribution is 6.02. The normalized spacial score (nSPS) is 16.6. The van der Waals surface area contributed by atoms with Crippen LogP contribution >= 0.6 is 0 Å². The molecule has 16 atom stereocenters. The standard InChI is InChI=1S/C64H102N20O24/c1-8-28(4)47(68)60(104)73-29(5)51(95)77-38(23-44(67)91)55(99)79-39(24-46(93)94)56(100)76-35(17-18-42(65)89)52(96)72-25-45(92)74-37(22-43(66)90)54(98)75-34(11-9-19-71-64(69)70)53(97)82-49(30(6)86)61(105)83-50(31(7)87)62(106)84-20-10-12-41(84)59(103)80-40(26-85)58(102)78-36(21-32-13-15-33(88)16-14-32)57(101)81-48(27(2)3)63(107)108/h13-16,27-31,34-41,47-50,85-88H,8-12,17-26,68H2,1-7H3,(H2,65,89)(H2,66,90)(H2,67,91)(H,72,96)(H,73,104)(H,74,92)(H,75,98)(H,76,100)(H,77,95)(H,78,102)(H,79,99)(H,80,103)(H,81,101)(H,82,97)(H,83,105)(H,93,94)(H,107,108)(H4,69,70,71)/t28-,29-,30+,31+,34-,35-,36-,37-,38-,39-,40-,41-,47-,48-,49-,50-/m0/s1. The summed E-state index contributed by atoms with van der Waals surface area (Å²) in [5.41, 5.74) is 33.2. The van der Waals surface area contributed by atoms with Crippen molar-refractivity contribution in [2.75, 3.05) is 26.2 Å². The van der Waals surface area contributed by atoms with Crippen molar-refractivity contribution in [3.05, 3.63) is 29.8 Å². The molecule has 44 nitrogen and oxygen atoms in total. The van der Waals surface area contributed by atoms with E-state index in [1.807, 2.05) is 5.32 Å². The Kier molecular flexibility index (Phi) is 38.8. The van der Waals surface area contributed by atoms with Gasteiger partial charge >= 0.3 is 11.9 Å². The van der Waals surface area contributed by atoms with E-state index in [9.17, 15) is 117 Å². The van der Waals surface area contributed by atoms with Gasteiger partial charge in [-0.1, -0.05) is 46.2 Å². The summed E-state index contributed by atoms with van der Waals surface area (Å²) in [5.74, 6) is -23.4. The van der Waals surface area contributed by atoms with E-state index in [-0.39, 0.29) is 50.4 Å². The van der Waals surface area contributed by atoms with Gasteiger partial charge in [0.15, 0.2) is 5.96 Å². The molecule has 0 radical (unpaired) electrons. The maximum Gasteiger partial charge on any atom is 0.326 e. The Morgan fingerprint density at radius 1 is 0.537 bits per heavy atom. The van der Waals surface area contributed by atoms with Gasteiger partial charge in [0.05, 0.1) is 50.7 Å². The molecule has 0 saturated carbocycles. The molecule has 0 unspecified atom stereocenters. The topological polar surface area (TPSA) is 745 Å². The first kappa shape index (κ1) is 92.7. The van der Waals surface area contributed by atoms with E-state index in [1.165, 1.54) is 45.0 Å². The van der Waals surface area contributed by atoms with Crippen molar-refractivity contribution < 1.29 is 117 Å². The first-order valence-electron chi connectivity index (χ1n) is 34.2. The Labute approximate surface area is 619 Å². The third kappa shape index (κ3) is 31.7. The SMILES string of the molecule is CC[C@H](C)[C@H](N)C(=O)N[C@@H](C)C(=O)N[C@@H](CC(N)=O)C(=O)N[C@@H](CC(=O)O)C(=O)N[C@@H](CCC(N)=O)C(=O)NCC(=O)N[C@@H](CC(N)=O)C(=O)N[C@@H](CCCN=C(N)N)C(=O)N[C@H](C(=O)N[C@H](C(=O)N1CCC[C@H]1C(=O)N[C@@H](CO)C(=O)N[C@@H](Cc1ccc(O)cc1)C(=O)N[C@H](C(=O)O)C(C)C)[C@@H](C)O)[C@@H](C)O. The van der Waals surface area contributed by atoms with Crippen LogP contribution in [0.5, 0.6) is 5.75 Å². The van der Waals surface area contributed by atoms with Gasteiger partial charge in [-0.15, -0.1) is 0 Å². The van der Waals surface area contributed by atoms with Gasteiger partial charge < -0.3 is 134 Å². The van der Waals surface area contributed by atoms with Crippen LogP contribution in [0.1, 0.15) is 118 Å². The van der Waals surface area contributed by atoms with Crippen LogP contribution in [0, 0.1) is 11.8 Å². The minimum absolute atomic E-state index is 0.0804. The highest BCUT2D eigenvalue weighted by atomic mass is 16.4. The van der Waals surface area contributed by atoms with Crippen LogP contribution in [-0.4, -0.2) is 265 Å². The highest BCUT2D eigenvalue weighted by Gasteiger charge is 2.43. The molecular weight excluding hydrogens is 1430 g/mol. The number of aliphatic imine (C=N–C) groups is 1. The van der Waals surface area contributed by atoms with E-state index in [2.05, 4.69) is 63.5 Å². The number of nitrogens with two attached hydrogens (primary N) is 6. The predicted molar refractivity (Wildman–Crippen MR) is 375 cm³/mol. The number of phenolic OH excluding ortho intramolecular Hbond substituents is 1.